The third-order valence-corrected chi connectivity index (χ3v) is 3.04. The summed E-state index contributed by atoms with van der Waals surface area (Å²) in [6.45, 7) is 10.8. The Hall–Kier alpha value is -1.04. The Morgan fingerprint density at radius 3 is 2.06 bits per heavy atom. The molecular formula is C12H23N3O2S. The van der Waals surface area contributed by atoms with Crippen LogP contribution in [0.2, 0.25) is 0 Å². The van der Waals surface area contributed by atoms with E-state index in [2.05, 4.69) is 0 Å². The van der Waals surface area contributed by atoms with Gasteiger partial charge in [-0.25, -0.2) is 4.79 Å². The van der Waals surface area contributed by atoms with Crippen molar-refractivity contribution in [1.82, 2.24) is 9.80 Å². The van der Waals surface area contributed by atoms with E-state index in [4.69, 9.17) is 22.7 Å². The van der Waals surface area contributed by atoms with E-state index < -0.39 is 5.60 Å². The molecule has 2 atom stereocenters. The molecule has 18 heavy (non-hydrogen) atoms. The number of carbonyl (C=O) groups is 1. The lowest BCUT2D eigenvalue weighted by Gasteiger charge is -2.44. The van der Waals surface area contributed by atoms with Crippen molar-refractivity contribution < 1.29 is 9.53 Å². The molecule has 1 aliphatic heterocycles. The van der Waals surface area contributed by atoms with E-state index >= 15 is 0 Å². The average Bonchev–Trinajstić information content (AvgIpc) is 2.12. The highest BCUT2D eigenvalue weighted by molar-refractivity contribution is 7.80. The SMILES string of the molecule is C[C@H]1CN(C(=O)OC(C)(C)C)C[C@H](C)N1C(N)=S. The van der Waals surface area contributed by atoms with Crippen LogP contribution in [-0.4, -0.2) is 51.8 Å². The molecule has 2 N–H and O–H groups in total. The fourth-order valence-corrected chi connectivity index (χ4v) is 2.59. The van der Waals surface area contributed by atoms with Crippen LogP contribution in [0.5, 0.6) is 0 Å². The first-order valence-electron chi connectivity index (χ1n) is 6.17. The Bertz CT molecular complexity index is 329. The second-order valence-electron chi connectivity index (χ2n) is 5.83. The molecule has 1 amide bonds. The zero-order chi connectivity index (χ0) is 14.1. The summed E-state index contributed by atoms with van der Waals surface area (Å²) in [5.41, 5.74) is 5.23. The van der Waals surface area contributed by atoms with Gasteiger partial charge in [0.25, 0.3) is 0 Å². The quantitative estimate of drug-likeness (QED) is 0.679. The predicted octanol–water partition coefficient (Wildman–Crippen LogP) is 1.56. The number of amides is 1. The molecule has 0 spiro atoms. The summed E-state index contributed by atoms with van der Waals surface area (Å²) in [5, 5.41) is 0.388. The van der Waals surface area contributed by atoms with E-state index in [0.29, 0.717) is 18.2 Å². The van der Waals surface area contributed by atoms with Gasteiger partial charge in [0.05, 0.1) is 0 Å². The highest BCUT2D eigenvalue weighted by Crippen LogP contribution is 2.18. The third-order valence-electron chi connectivity index (χ3n) is 2.83. The first-order valence-corrected chi connectivity index (χ1v) is 6.58. The summed E-state index contributed by atoms with van der Waals surface area (Å²) in [6.07, 6.45) is -0.274. The number of thiocarbonyl (C=S) groups is 1. The lowest BCUT2D eigenvalue weighted by atomic mass is 10.1. The van der Waals surface area contributed by atoms with Crippen LogP contribution in [0.3, 0.4) is 0 Å². The van der Waals surface area contributed by atoms with Gasteiger partial charge in [0.1, 0.15) is 5.60 Å². The van der Waals surface area contributed by atoms with Gasteiger partial charge in [-0.1, -0.05) is 0 Å². The van der Waals surface area contributed by atoms with Gasteiger partial charge in [-0.05, 0) is 46.8 Å². The number of hydrogen-bond donors (Lipinski definition) is 1. The van der Waals surface area contributed by atoms with E-state index in [0.717, 1.165) is 0 Å². The van der Waals surface area contributed by atoms with E-state index in [1.807, 2.05) is 39.5 Å². The minimum atomic E-state index is -0.468. The fraction of sp³-hybridized carbons (Fsp3) is 0.833. The predicted molar refractivity (Wildman–Crippen MR) is 75.4 cm³/mol. The third kappa shape index (κ3) is 3.73. The monoisotopic (exact) mass is 273 g/mol. The minimum absolute atomic E-state index is 0.110. The molecule has 1 heterocycles. The van der Waals surface area contributed by atoms with Crippen LogP contribution >= 0.6 is 12.2 Å². The molecule has 1 fully saturated rings. The molecule has 5 nitrogen and oxygen atoms in total. The van der Waals surface area contributed by atoms with Gasteiger partial charge in [0.2, 0.25) is 0 Å². The molecule has 0 aliphatic carbocycles. The molecule has 0 saturated carbocycles. The maximum atomic E-state index is 12.0. The number of nitrogens with two attached hydrogens (primary N) is 1. The molecule has 0 aromatic heterocycles. The Morgan fingerprint density at radius 2 is 1.72 bits per heavy atom. The van der Waals surface area contributed by atoms with Crippen LogP contribution in [0.15, 0.2) is 0 Å². The lowest BCUT2D eigenvalue weighted by Crippen LogP contribution is -2.61. The van der Waals surface area contributed by atoms with Gasteiger partial charge >= 0.3 is 6.09 Å². The largest absolute Gasteiger partial charge is 0.444 e. The normalized spacial score (nSPS) is 24.9. The summed E-state index contributed by atoms with van der Waals surface area (Å²) in [4.78, 5) is 15.7. The number of ether oxygens (including phenoxy) is 1. The average molecular weight is 273 g/mol. The Kier molecular flexibility index (Phi) is 4.42. The zero-order valence-corrected chi connectivity index (χ0v) is 12.6. The van der Waals surface area contributed by atoms with Crippen LogP contribution < -0.4 is 5.73 Å². The first kappa shape index (κ1) is 15.0. The molecule has 0 aromatic carbocycles. The van der Waals surface area contributed by atoms with Crippen LogP contribution in [0, 0.1) is 0 Å². The number of rotatable bonds is 0. The highest BCUT2D eigenvalue weighted by Gasteiger charge is 2.34. The summed E-state index contributed by atoms with van der Waals surface area (Å²) in [6, 6.07) is 0.220. The molecule has 6 heteroatoms. The van der Waals surface area contributed by atoms with Crippen molar-refractivity contribution in [2.45, 2.75) is 52.3 Å². The number of piperazine rings is 1. The van der Waals surface area contributed by atoms with Gasteiger partial charge in [0.15, 0.2) is 5.11 Å². The van der Waals surface area contributed by atoms with Gasteiger partial charge in [0, 0.05) is 25.2 Å². The first-order chi connectivity index (χ1) is 8.11. The van der Waals surface area contributed by atoms with Crippen molar-refractivity contribution in [1.29, 1.82) is 0 Å². The molecule has 0 bridgehead atoms. The van der Waals surface area contributed by atoms with Crippen molar-refractivity contribution in [3.63, 3.8) is 0 Å². The highest BCUT2D eigenvalue weighted by atomic mass is 32.1. The van der Waals surface area contributed by atoms with Crippen LogP contribution in [0.1, 0.15) is 34.6 Å². The molecule has 1 rings (SSSR count). The Morgan fingerprint density at radius 1 is 1.28 bits per heavy atom. The summed E-state index contributed by atoms with van der Waals surface area (Å²) >= 11 is 5.03. The van der Waals surface area contributed by atoms with E-state index in [1.165, 1.54) is 0 Å². The van der Waals surface area contributed by atoms with E-state index in [1.54, 1.807) is 4.90 Å². The molecule has 0 radical (unpaired) electrons. The zero-order valence-electron chi connectivity index (χ0n) is 11.8. The van der Waals surface area contributed by atoms with Gasteiger partial charge in [-0.15, -0.1) is 0 Å². The smallest absolute Gasteiger partial charge is 0.410 e. The number of nitrogens with zero attached hydrogens (tertiary/aromatic N) is 2. The summed E-state index contributed by atoms with van der Waals surface area (Å²) in [5.74, 6) is 0. The topological polar surface area (TPSA) is 58.8 Å². The van der Waals surface area contributed by atoms with Crippen molar-refractivity contribution in [2.75, 3.05) is 13.1 Å². The molecular weight excluding hydrogens is 250 g/mol. The Labute approximate surface area is 114 Å². The second-order valence-corrected chi connectivity index (χ2v) is 6.25. The minimum Gasteiger partial charge on any atom is -0.444 e. The lowest BCUT2D eigenvalue weighted by molar-refractivity contribution is 0.00589. The molecule has 0 unspecified atom stereocenters. The maximum absolute atomic E-state index is 12.0. The maximum Gasteiger partial charge on any atom is 0.410 e. The molecule has 1 saturated heterocycles. The van der Waals surface area contributed by atoms with Crippen molar-refractivity contribution >= 4 is 23.4 Å². The van der Waals surface area contributed by atoms with Crippen molar-refractivity contribution in [3.8, 4) is 0 Å². The molecule has 1 aliphatic rings. The van der Waals surface area contributed by atoms with Crippen LogP contribution in [-0.2, 0) is 4.74 Å². The summed E-state index contributed by atoms with van der Waals surface area (Å²) < 4.78 is 5.37. The van der Waals surface area contributed by atoms with E-state index in [9.17, 15) is 4.79 Å². The molecule has 0 aromatic rings. The van der Waals surface area contributed by atoms with Crippen LogP contribution in [0.4, 0.5) is 4.79 Å². The second kappa shape index (κ2) is 5.30. The number of hydrogen-bond acceptors (Lipinski definition) is 3. The van der Waals surface area contributed by atoms with Gasteiger partial charge < -0.3 is 20.3 Å². The van der Waals surface area contributed by atoms with Crippen molar-refractivity contribution in [2.24, 2.45) is 5.73 Å². The summed E-state index contributed by atoms with van der Waals surface area (Å²) in [7, 11) is 0. The Balaban J connectivity index is 2.68. The van der Waals surface area contributed by atoms with Crippen LogP contribution in [0.25, 0.3) is 0 Å². The fourth-order valence-electron chi connectivity index (χ4n) is 2.23. The number of carbonyl (C=O) groups excluding carboxylic acids is 1. The molecule has 104 valence electrons. The van der Waals surface area contributed by atoms with Crippen molar-refractivity contribution in [3.05, 3.63) is 0 Å². The standard InChI is InChI=1S/C12H23N3O2S/c1-8-6-14(11(16)17-12(3,4)5)7-9(2)15(8)10(13)18/h8-9H,6-7H2,1-5H3,(H2,13,18)/t8-,9-/m0/s1. The van der Waals surface area contributed by atoms with Gasteiger partial charge in [-0.2, -0.15) is 0 Å². The van der Waals surface area contributed by atoms with Gasteiger partial charge in [-0.3, -0.25) is 0 Å². The van der Waals surface area contributed by atoms with E-state index in [-0.39, 0.29) is 18.2 Å².